The normalized spacial score (nSPS) is 10.6. The second-order valence-corrected chi connectivity index (χ2v) is 3.60. The number of carbonyl (C=O) groups is 1. The Morgan fingerprint density at radius 3 is 2.83 bits per heavy atom. The maximum Gasteiger partial charge on any atom is 0.341 e. The van der Waals surface area contributed by atoms with Crippen LogP contribution in [-0.2, 0) is 0 Å². The van der Waals surface area contributed by atoms with E-state index in [-0.39, 0.29) is 23.3 Å². The third-order valence-corrected chi connectivity index (χ3v) is 2.46. The van der Waals surface area contributed by atoms with Gasteiger partial charge in [-0.15, -0.1) is 0 Å². The molecule has 0 aliphatic heterocycles. The summed E-state index contributed by atoms with van der Waals surface area (Å²) in [6, 6.07) is 2.31. The first-order chi connectivity index (χ1) is 8.54. The Labute approximate surface area is 101 Å². The van der Waals surface area contributed by atoms with Gasteiger partial charge < -0.3 is 14.8 Å². The van der Waals surface area contributed by atoms with E-state index in [9.17, 15) is 14.0 Å². The molecule has 2 N–H and O–H groups in total. The van der Waals surface area contributed by atoms with Gasteiger partial charge in [-0.1, -0.05) is 0 Å². The largest absolute Gasteiger partial charge is 0.491 e. The van der Waals surface area contributed by atoms with Crippen molar-refractivity contribution in [3.63, 3.8) is 0 Å². The number of benzene rings is 1. The van der Waals surface area contributed by atoms with E-state index in [1.165, 1.54) is 6.07 Å². The van der Waals surface area contributed by atoms with Crippen LogP contribution in [-0.4, -0.2) is 22.7 Å². The number of hydrogen-bond acceptors (Lipinski definition) is 3. The monoisotopic (exact) mass is 251 g/mol. The number of halogens is 1. The number of aromatic carboxylic acids is 1. The van der Waals surface area contributed by atoms with Gasteiger partial charge in [-0.05, 0) is 13.0 Å². The summed E-state index contributed by atoms with van der Waals surface area (Å²) in [5.74, 6) is -2.01. The van der Waals surface area contributed by atoms with Crippen LogP contribution >= 0.6 is 0 Å². The predicted octanol–water partition coefficient (Wildman–Crippen LogP) is 1.76. The maximum absolute atomic E-state index is 13.5. The second kappa shape index (κ2) is 4.48. The van der Waals surface area contributed by atoms with Crippen molar-refractivity contribution in [2.24, 2.45) is 0 Å². The van der Waals surface area contributed by atoms with Crippen molar-refractivity contribution < 1.29 is 19.0 Å². The quantitative estimate of drug-likeness (QED) is 0.871. The predicted molar refractivity (Wildman–Crippen MR) is 62.7 cm³/mol. The van der Waals surface area contributed by atoms with Crippen molar-refractivity contribution in [1.82, 2.24) is 4.98 Å². The molecule has 6 heteroatoms. The van der Waals surface area contributed by atoms with Gasteiger partial charge in [0, 0.05) is 12.3 Å². The van der Waals surface area contributed by atoms with Crippen molar-refractivity contribution in [1.29, 1.82) is 0 Å². The molecular weight excluding hydrogens is 241 g/mol. The molecule has 0 saturated heterocycles. The molecular formula is C12H10FNO4. The Bertz CT molecular complexity index is 678. The van der Waals surface area contributed by atoms with Gasteiger partial charge in [-0.25, -0.2) is 9.18 Å². The number of H-pyrrole nitrogens is 1. The fourth-order valence-corrected chi connectivity index (χ4v) is 1.65. The fraction of sp³-hybridized carbons (Fsp3) is 0.167. The molecule has 0 aliphatic rings. The van der Waals surface area contributed by atoms with Crippen LogP contribution in [0.3, 0.4) is 0 Å². The molecule has 94 valence electrons. The van der Waals surface area contributed by atoms with E-state index in [1.807, 2.05) is 0 Å². The summed E-state index contributed by atoms with van der Waals surface area (Å²) in [6.07, 6.45) is 1.05. The number of hydrogen-bond donors (Lipinski definition) is 2. The van der Waals surface area contributed by atoms with Gasteiger partial charge in [0.25, 0.3) is 0 Å². The molecule has 5 nitrogen and oxygen atoms in total. The molecule has 0 bridgehead atoms. The van der Waals surface area contributed by atoms with Crippen molar-refractivity contribution >= 4 is 16.9 Å². The van der Waals surface area contributed by atoms with E-state index in [2.05, 4.69) is 4.98 Å². The van der Waals surface area contributed by atoms with Crippen molar-refractivity contribution in [3.05, 3.63) is 39.9 Å². The smallest absolute Gasteiger partial charge is 0.341 e. The van der Waals surface area contributed by atoms with E-state index in [1.54, 1.807) is 6.92 Å². The lowest BCUT2D eigenvalue weighted by atomic mass is 10.1. The standard InChI is InChI=1S/C12H10FNO4/c1-2-18-10-3-6-9(4-8(10)13)14-5-7(11(6)15)12(16)17/h3-5H,2H2,1H3,(H,14,15)(H,16,17). The van der Waals surface area contributed by atoms with E-state index < -0.39 is 22.8 Å². The molecule has 0 radical (unpaired) electrons. The second-order valence-electron chi connectivity index (χ2n) is 3.60. The minimum absolute atomic E-state index is 0.0713. The molecule has 2 rings (SSSR count). The van der Waals surface area contributed by atoms with E-state index >= 15 is 0 Å². The minimum Gasteiger partial charge on any atom is -0.491 e. The molecule has 0 saturated carbocycles. The van der Waals surface area contributed by atoms with E-state index in [0.29, 0.717) is 0 Å². The van der Waals surface area contributed by atoms with Crippen molar-refractivity contribution in [2.45, 2.75) is 6.92 Å². The van der Waals surface area contributed by atoms with E-state index in [4.69, 9.17) is 9.84 Å². The number of rotatable bonds is 3. The lowest BCUT2D eigenvalue weighted by Crippen LogP contribution is -2.15. The van der Waals surface area contributed by atoms with Crippen LogP contribution in [0, 0.1) is 5.82 Å². The third-order valence-electron chi connectivity index (χ3n) is 2.46. The summed E-state index contributed by atoms with van der Waals surface area (Å²) in [6.45, 7) is 1.93. The Hall–Kier alpha value is -2.37. The molecule has 0 aliphatic carbocycles. The molecule has 0 unspecified atom stereocenters. The van der Waals surface area contributed by atoms with Gasteiger partial charge in [0.1, 0.15) is 5.56 Å². The zero-order chi connectivity index (χ0) is 13.3. The number of aromatic nitrogens is 1. The summed E-state index contributed by atoms with van der Waals surface area (Å²) in [5.41, 5.74) is -0.834. The Morgan fingerprint density at radius 2 is 2.22 bits per heavy atom. The first kappa shape index (κ1) is 12.1. The van der Waals surface area contributed by atoms with Crippen molar-refractivity contribution in [3.8, 4) is 5.75 Å². The van der Waals surface area contributed by atoms with Crippen LogP contribution in [0.1, 0.15) is 17.3 Å². The summed E-state index contributed by atoms with van der Waals surface area (Å²) in [7, 11) is 0. The molecule has 2 aromatic rings. The Balaban J connectivity index is 2.76. The summed E-state index contributed by atoms with van der Waals surface area (Å²) in [5, 5.41) is 8.91. The summed E-state index contributed by atoms with van der Waals surface area (Å²) in [4.78, 5) is 25.3. The Morgan fingerprint density at radius 1 is 1.50 bits per heavy atom. The van der Waals surface area contributed by atoms with Crippen LogP contribution in [0.2, 0.25) is 0 Å². The average Bonchev–Trinajstić information content (AvgIpc) is 2.31. The lowest BCUT2D eigenvalue weighted by molar-refractivity contribution is 0.0695. The molecule has 1 aromatic carbocycles. The SMILES string of the molecule is CCOc1cc2c(=O)c(C(=O)O)c[nH]c2cc1F. The maximum atomic E-state index is 13.5. The highest BCUT2D eigenvalue weighted by Crippen LogP contribution is 2.22. The number of fused-ring (bicyclic) bond motifs is 1. The highest BCUT2D eigenvalue weighted by atomic mass is 19.1. The molecule has 0 fully saturated rings. The molecule has 0 spiro atoms. The number of aromatic amines is 1. The van der Waals surface area contributed by atoms with Gasteiger partial charge in [0.15, 0.2) is 11.6 Å². The molecule has 0 atom stereocenters. The molecule has 0 amide bonds. The lowest BCUT2D eigenvalue weighted by Gasteiger charge is -2.06. The average molecular weight is 251 g/mol. The van der Waals surface area contributed by atoms with Crippen molar-refractivity contribution in [2.75, 3.05) is 6.61 Å². The topological polar surface area (TPSA) is 79.4 Å². The number of nitrogens with one attached hydrogen (secondary N) is 1. The van der Waals surface area contributed by atoms with Crippen LogP contribution in [0.25, 0.3) is 10.9 Å². The number of ether oxygens (including phenoxy) is 1. The van der Waals surface area contributed by atoms with Crippen LogP contribution < -0.4 is 10.2 Å². The number of carboxylic acid groups (broad SMARTS) is 1. The van der Waals surface area contributed by atoms with Gasteiger partial charge >= 0.3 is 5.97 Å². The molecule has 1 heterocycles. The zero-order valence-electron chi connectivity index (χ0n) is 9.49. The van der Waals surface area contributed by atoms with Crippen LogP contribution in [0.5, 0.6) is 5.75 Å². The number of pyridine rings is 1. The molecule has 1 aromatic heterocycles. The minimum atomic E-state index is -1.33. The van der Waals surface area contributed by atoms with Gasteiger partial charge in [0.05, 0.1) is 17.5 Å². The highest BCUT2D eigenvalue weighted by molar-refractivity contribution is 5.92. The first-order valence-corrected chi connectivity index (χ1v) is 5.25. The number of carboxylic acids is 1. The first-order valence-electron chi connectivity index (χ1n) is 5.25. The highest BCUT2D eigenvalue weighted by Gasteiger charge is 2.14. The van der Waals surface area contributed by atoms with Gasteiger partial charge in [-0.2, -0.15) is 0 Å². The van der Waals surface area contributed by atoms with Gasteiger partial charge in [-0.3, -0.25) is 4.79 Å². The van der Waals surface area contributed by atoms with E-state index in [0.717, 1.165) is 12.3 Å². The summed E-state index contributed by atoms with van der Waals surface area (Å²) >= 11 is 0. The van der Waals surface area contributed by atoms with Crippen LogP contribution in [0.15, 0.2) is 23.1 Å². The Kier molecular flexibility index (Phi) is 3.01. The third kappa shape index (κ3) is 1.92. The van der Waals surface area contributed by atoms with Gasteiger partial charge in [0.2, 0.25) is 5.43 Å². The molecule has 18 heavy (non-hydrogen) atoms. The fourth-order valence-electron chi connectivity index (χ4n) is 1.65. The van der Waals surface area contributed by atoms with Crippen LogP contribution in [0.4, 0.5) is 4.39 Å². The zero-order valence-corrected chi connectivity index (χ0v) is 9.49. The summed E-state index contributed by atoms with van der Waals surface area (Å²) < 4.78 is 18.6.